The zero-order chi connectivity index (χ0) is 16.7. The fourth-order valence-electron chi connectivity index (χ4n) is 1.62. The van der Waals surface area contributed by atoms with Crippen molar-refractivity contribution in [3.05, 3.63) is 59.4 Å². The Labute approximate surface area is 137 Å². The number of carbonyl (C=O) groups excluding carboxylic acids is 2. The topological polar surface area (TPSA) is 64.6 Å². The molecule has 0 aliphatic heterocycles. The molecule has 0 radical (unpaired) electrons. The largest absolute Gasteiger partial charge is 0.482 e. The number of esters is 1. The third-order valence-electron chi connectivity index (χ3n) is 2.67. The second-order valence-electron chi connectivity index (χ2n) is 4.43. The molecule has 0 aromatic heterocycles. The van der Waals surface area contributed by atoms with Crippen molar-refractivity contribution in [3.8, 4) is 5.75 Å². The van der Waals surface area contributed by atoms with Gasteiger partial charge < -0.3 is 14.8 Å². The van der Waals surface area contributed by atoms with Crippen molar-refractivity contribution in [2.75, 3.05) is 18.5 Å². The van der Waals surface area contributed by atoms with Crippen LogP contribution in [0.1, 0.15) is 0 Å². The fraction of sp³-hybridized carbons (Fsp3) is 0.125. The molecule has 0 unspecified atom stereocenters. The maximum absolute atomic E-state index is 13.5. The standard InChI is InChI=1S/C16H13ClFNO4/c17-11-6-7-14(13(18)8-11)19-15(20)9-23-16(21)10-22-12-4-2-1-3-5-12/h1-8H,9-10H2,(H,19,20). The van der Waals surface area contributed by atoms with E-state index in [-0.39, 0.29) is 17.3 Å². The first kappa shape index (κ1) is 16.8. The van der Waals surface area contributed by atoms with E-state index in [2.05, 4.69) is 5.32 Å². The third-order valence-corrected chi connectivity index (χ3v) is 2.90. The van der Waals surface area contributed by atoms with Crippen molar-refractivity contribution in [2.45, 2.75) is 0 Å². The Hall–Kier alpha value is -2.60. The van der Waals surface area contributed by atoms with Crippen LogP contribution in [0.3, 0.4) is 0 Å². The van der Waals surface area contributed by atoms with Crippen LogP contribution in [-0.2, 0) is 14.3 Å². The molecule has 0 saturated carbocycles. The van der Waals surface area contributed by atoms with E-state index in [0.29, 0.717) is 5.75 Å². The number of hydrogen-bond donors (Lipinski definition) is 1. The Balaban J connectivity index is 1.74. The third kappa shape index (κ3) is 5.60. The van der Waals surface area contributed by atoms with E-state index in [1.807, 2.05) is 6.07 Å². The summed E-state index contributed by atoms with van der Waals surface area (Å²) >= 11 is 5.61. The van der Waals surface area contributed by atoms with Gasteiger partial charge >= 0.3 is 5.97 Å². The highest BCUT2D eigenvalue weighted by molar-refractivity contribution is 6.30. The van der Waals surface area contributed by atoms with Crippen LogP contribution in [0, 0.1) is 5.82 Å². The Kier molecular flexibility index (Phi) is 5.94. The highest BCUT2D eigenvalue weighted by Crippen LogP contribution is 2.18. The molecule has 1 N–H and O–H groups in total. The second-order valence-corrected chi connectivity index (χ2v) is 4.87. The zero-order valence-electron chi connectivity index (χ0n) is 11.9. The first-order valence-electron chi connectivity index (χ1n) is 6.63. The smallest absolute Gasteiger partial charge is 0.344 e. The molecule has 23 heavy (non-hydrogen) atoms. The summed E-state index contributed by atoms with van der Waals surface area (Å²) in [6, 6.07) is 12.5. The predicted molar refractivity (Wildman–Crippen MR) is 82.9 cm³/mol. The first-order valence-corrected chi connectivity index (χ1v) is 7.01. The SMILES string of the molecule is O=C(COC(=O)COc1ccccc1)Nc1ccc(Cl)cc1F. The van der Waals surface area contributed by atoms with Crippen LogP contribution in [0.5, 0.6) is 5.75 Å². The van der Waals surface area contributed by atoms with Crippen LogP contribution < -0.4 is 10.1 Å². The maximum atomic E-state index is 13.5. The summed E-state index contributed by atoms with van der Waals surface area (Å²) < 4.78 is 23.4. The molecular formula is C16H13ClFNO4. The highest BCUT2D eigenvalue weighted by Gasteiger charge is 2.11. The van der Waals surface area contributed by atoms with Crippen LogP contribution >= 0.6 is 11.6 Å². The average Bonchev–Trinajstić information content (AvgIpc) is 2.54. The molecule has 2 aromatic carbocycles. The minimum atomic E-state index is -0.708. The quantitative estimate of drug-likeness (QED) is 0.823. The van der Waals surface area contributed by atoms with E-state index in [1.54, 1.807) is 24.3 Å². The Morgan fingerprint density at radius 1 is 1.09 bits per heavy atom. The lowest BCUT2D eigenvalue weighted by atomic mass is 10.3. The van der Waals surface area contributed by atoms with Crippen LogP contribution in [0.15, 0.2) is 48.5 Å². The number of rotatable bonds is 6. The van der Waals surface area contributed by atoms with Gasteiger partial charge in [0.05, 0.1) is 5.69 Å². The highest BCUT2D eigenvalue weighted by atomic mass is 35.5. The Morgan fingerprint density at radius 3 is 2.52 bits per heavy atom. The molecule has 0 atom stereocenters. The monoisotopic (exact) mass is 337 g/mol. The lowest BCUT2D eigenvalue weighted by Crippen LogP contribution is -2.24. The molecular weight excluding hydrogens is 325 g/mol. The number of anilines is 1. The molecule has 2 rings (SSSR count). The summed E-state index contributed by atoms with van der Waals surface area (Å²) in [4.78, 5) is 23.1. The molecule has 0 spiro atoms. The van der Waals surface area contributed by atoms with Gasteiger partial charge in [0, 0.05) is 5.02 Å². The molecule has 0 aliphatic rings. The van der Waals surface area contributed by atoms with E-state index in [4.69, 9.17) is 21.1 Å². The summed E-state index contributed by atoms with van der Waals surface area (Å²) in [7, 11) is 0. The van der Waals surface area contributed by atoms with Crippen LogP contribution in [0.25, 0.3) is 0 Å². The van der Waals surface area contributed by atoms with Gasteiger partial charge in [0.15, 0.2) is 13.2 Å². The van der Waals surface area contributed by atoms with Crippen molar-refractivity contribution in [1.82, 2.24) is 0 Å². The molecule has 0 saturated heterocycles. The molecule has 120 valence electrons. The summed E-state index contributed by atoms with van der Waals surface area (Å²) in [5, 5.41) is 2.49. The van der Waals surface area contributed by atoms with Gasteiger partial charge in [0.1, 0.15) is 11.6 Å². The number of halogens is 2. The number of benzene rings is 2. The molecule has 0 aliphatic carbocycles. The first-order chi connectivity index (χ1) is 11.0. The zero-order valence-corrected chi connectivity index (χ0v) is 12.7. The fourth-order valence-corrected chi connectivity index (χ4v) is 1.78. The lowest BCUT2D eigenvalue weighted by molar-refractivity contribution is -0.149. The van der Waals surface area contributed by atoms with Crippen molar-refractivity contribution in [1.29, 1.82) is 0 Å². The van der Waals surface area contributed by atoms with Crippen molar-refractivity contribution in [3.63, 3.8) is 0 Å². The minimum absolute atomic E-state index is 0.0454. The molecule has 0 fully saturated rings. The van der Waals surface area contributed by atoms with E-state index in [1.165, 1.54) is 12.1 Å². The van der Waals surface area contributed by atoms with Crippen LogP contribution in [0.4, 0.5) is 10.1 Å². The number of hydrogen-bond acceptors (Lipinski definition) is 4. The minimum Gasteiger partial charge on any atom is -0.482 e. The molecule has 7 heteroatoms. The van der Waals surface area contributed by atoms with Gasteiger partial charge in [0.2, 0.25) is 0 Å². The number of ether oxygens (including phenoxy) is 2. The van der Waals surface area contributed by atoms with Gasteiger partial charge in [-0.15, -0.1) is 0 Å². The predicted octanol–water partition coefficient (Wildman–Crippen LogP) is 3.04. The molecule has 0 bridgehead atoms. The second kappa shape index (κ2) is 8.14. The summed E-state index contributed by atoms with van der Waals surface area (Å²) in [5.74, 6) is -1.54. The summed E-state index contributed by atoms with van der Waals surface area (Å²) in [6.45, 7) is -0.869. The van der Waals surface area contributed by atoms with E-state index in [0.717, 1.165) is 6.07 Å². The van der Waals surface area contributed by atoms with Crippen molar-refractivity contribution in [2.24, 2.45) is 0 Å². The molecule has 1 amide bonds. The van der Waals surface area contributed by atoms with Gasteiger partial charge in [-0.05, 0) is 30.3 Å². The van der Waals surface area contributed by atoms with Crippen molar-refractivity contribution < 1.29 is 23.5 Å². The molecule has 0 heterocycles. The van der Waals surface area contributed by atoms with E-state index < -0.39 is 24.3 Å². The van der Waals surface area contributed by atoms with Crippen LogP contribution in [-0.4, -0.2) is 25.1 Å². The number of nitrogens with one attached hydrogen (secondary N) is 1. The van der Waals surface area contributed by atoms with Crippen LogP contribution in [0.2, 0.25) is 5.02 Å². The Bertz CT molecular complexity index is 694. The molecule has 2 aromatic rings. The van der Waals surface area contributed by atoms with Gasteiger partial charge in [0.25, 0.3) is 5.91 Å². The molecule has 5 nitrogen and oxygen atoms in total. The summed E-state index contributed by atoms with van der Waals surface area (Å²) in [5.41, 5.74) is -0.0454. The maximum Gasteiger partial charge on any atom is 0.344 e. The normalized spacial score (nSPS) is 10.0. The van der Waals surface area contributed by atoms with Gasteiger partial charge in [-0.1, -0.05) is 29.8 Å². The number of para-hydroxylation sites is 1. The Morgan fingerprint density at radius 2 is 1.83 bits per heavy atom. The van der Waals surface area contributed by atoms with Gasteiger partial charge in [-0.25, -0.2) is 9.18 Å². The van der Waals surface area contributed by atoms with Crippen molar-refractivity contribution >= 4 is 29.2 Å². The van der Waals surface area contributed by atoms with Gasteiger partial charge in [-0.2, -0.15) is 0 Å². The summed E-state index contributed by atoms with van der Waals surface area (Å²) in [6.07, 6.45) is 0. The lowest BCUT2D eigenvalue weighted by Gasteiger charge is -2.08. The number of carbonyl (C=O) groups is 2. The average molecular weight is 338 g/mol. The van der Waals surface area contributed by atoms with Gasteiger partial charge in [-0.3, -0.25) is 4.79 Å². The number of amides is 1. The van der Waals surface area contributed by atoms with E-state index in [9.17, 15) is 14.0 Å². The van der Waals surface area contributed by atoms with E-state index >= 15 is 0 Å².